The smallest absolute Gasteiger partial charge is 0.326 e. The first-order valence-corrected chi connectivity index (χ1v) is 4.85. The zero-order valence-corrected chi connectivity index (χ0v) is 9.28. The number of hydrogen-bond acceptors (Lipinski definition) is 4. The van der Waals surface area contributed by atoms with Gasteiger partial charge in [0.15, 0.2) is 0 Å². The van der Waals surface area contributed by atoms with Crippen LogP contribution in [0.3, 0.4) is 0 Å². The molecule has 7 nitrogen and oxygen atoms in total. The number of ether oxygens (including phenoxy) is 1. The molecule has 7 heteroatoms. The second-order valence-electron chi connectivity index (χ2n) is 3.03. The first-order valence-electron chi connectivity index (χ1n) is 4.85. The molecule has 0 heterocycles. The van der Waals surface area contributed by atoms with Crippen LogP contribution in [-0.2, 0) is 14.3 Å². The molecule has 0 bridgehead atoms. The molecule has 0 aromatic heterocycles. The molecule has 1 atom stereocenters. The maximum atomic E-state index is 11.1. The number of carboxylic acid groups (broad SMARTS) is 1. The fraction of sp³-hybridized carbons (Fsp3) is 0.667. The number of esters is 1. The summed E-state index contributed by atoms with van der Waals surface area (Å²) < 4.78 is 4.37. The third kappa shape index (κ3) is 5.84. The Kier molecular flexibility index (Phi) is 6.66. The third-order valence-electron chi connectivity index (χ3n) is 1.85. The van der Waals surface area contributed by atoms with E-state index < -0.39 is 24.0 Å². The van der Waals surface area contributed by atoms with Gasteiger partial charge in [0.25, 0.3) is 0 Å². The number of nitrogens with one attached hydrogen (secondary N) is 2. The fourth-order valence-corrected chi connectivity index (χ4v) is 0.928. The molecule has 3 N–H and O–H groups in total. The molecule has 0 aliphatic carbocycles. The summed E-state index contributed by atoms with van der Waals surface area (Å²) in [5.74, 6) is -1.53. The van der Waals surface area contributed by atoms with E-state index in [0.29, 0.717) is 6.42 Å². The van der Waals surface area contributed by atoms with Crippen molar-refractivity contribution in [2.75, 3.05) is 13.7 Å². The maximum absolute atomic E-state index is 11.1. The lowest BCUT2D eigenvalue weighted by molar-refractivity contribution is -0.141. The second kappa shape index (κ2) is 7.49. The largest absolute Gasteiger partial charge is 0.480 e. The Morgan fingerprint density at radius 3 is 2.44 bits per heavy atom. The van der Waals surface area contributed by atoms with Gasteiger partial charge in [0, 0.05) is 6.54 Å². The molecule has 0 fully saturated rings. The highest BCUT2D eigenvalue weighted by molar-refractivity contribution is 5.82. The number of urea groups is 1. The molecule has 0 spiro atoms. The van der Waals surface area contributed by atoms with Crippen LogP contribution >= 0.6 is 0 Å². The van der Waals surface area contributed by atoms with Gasteiger partial charge in [0.2, 0.25) is 0 Å². The summed E-state index contributed by atoms with van der Waals surface area (Å²) in [6.07, 6.45) is 0.341. The van der Waals surface area contributed by atoms with E-state index in [1.165, 1.54) is 7.11 Å². The summed E-state index contributed by atoms with van der Waals surface area (Å²) in [4.78, 5) is 32.4. The van der Waals surface area contributed by atoms with Crippen LogP contribution in [0.25, 0.3) is 0 Å². The molecule has 0 aromatic carbocycles. The molecule has 2 amide bonds. The van der Waals surface area contributed by atoms with Crippen LogP contribution in [0.15, 0.2) is 0 Å². The minimum absolute atomic E-state index is 0.0494. The Bertz CT molecular complexity index is 267. The molecule has 0 aliphatic heterocycles. The van der Waals surface area contributed by atoms with Crippen LogP contribution in [0.1, 0.15) is 19.8 Å². The summed E-state index contributed by atoms with van der Waals surface area (Å²) in [7, 11) is 1.25. The number of hydrogen-bond donors (Lipinski definition) is 3. The molecule has 92 valence electrons. The monoisotopic (exact) mass is 232 g/mol. The van der Waals surface area contributed by atoms with Crippen molar-refractivity contribution in [2.24, 2.45) is 0 Å². The molecule has 0 radical (unpaired) electrons. The van der Waals surface area contributed by atoms with E-state index in [0.717, 1.165) is 0 Å². The summed E-state index contributed by atoms with van der Waals surface area (Å²) in [6.45, 7) is 1.75. The first-order chi connectivity index (χ1) is 7.51. The normalized spacial score (nSPS) is 11.4. The number of methoxy groups -OCH3 is 1. The van der Waals surface area contributed by atoms with E-state index in [1.807, 2.05) is 0 Å². The van der Waals surface area contributed by atoms with Gasteiger partial charge in [-0.15, -0.1) is 0 Å². The van der Waals surface area contributed by atoms with E-state index in [2.05, 4.69) is 15.4 Å². The number of amides is 2. The third-order valence-corrected chi connectivity index (χ3v) is 1.85. The molecule has 0 saturated carbocycles. The van der Waals surface area contributed by atoms with Gasteiger partial charge in [0.05, 0.1) is 13.5 Å². The summed E-state index contributed by atoms with van der Waals surface area (Å²) in [6, 6.07) is -1.53. The minimum atomic E-state index is -1.09. The van der Waals surface area contributed by atoms with Crippen LogP contribution in [0.2, 0.25) is 0 Å². The van der Waals surface area contributed by atoms with Crippen LogP contribution < -0.4 is 10.6 Å². The molecular formula is C9H16N2O5. The fourth-order valence-electron chi connectivity index (χ4n) is 0.928. The predicted molar refractivity (Wildman–Crippen MR) is 54.9 cm³/mol. The van der Waals surface area contributed by atoms with Crippen molar-refractivity contribution in [3.05, 3.63) is 0 Å². The van der Waals surface area contributed by atoms with Crippen LogP contribution in [0.4, 0.5) is 4.79 Å². The second-order valence-corrected chi connectivity index (χ2v) is 3.03. The highest BCUT2D eigenvalue weighted by Gasteiger charge is 2.16. The summed E-state index contributed by atoms with van der Waals surface area (Å²) >= 11 is 0. The zero-order valence-electron chi connectivity index (χ0n) is 9.28. The lowest BCUT2D eigenvalue weighted by Crippen LogP contribution is -2.46. The van der Waals surface area contributed by atoms with Gasteiger partial charge in [-0.25, -0.2) is 9.59 Å². The van der Waals surface area contributed by atoms with E-state index >= 15 is 0 Å². The number of rotatable bonds is 6. The Morgan fingerprint density at radius 2 is 2.00 bits per heavy atom. The summed E-state index contributed by atoms with van der Waals surface area (Å²) in [5, 5.41) is 13.3. The van der Waals surface area contributed by atoms with Gasteiger partial charge >= 0.3 is 18.0 Å². The average Bonchev–Trinajstić information content (AvgIpc) is 2.25. The average molecular weight is 232 g/mol. The van der Waals surface area contributed by atoms with Crippen molar-refractivity contribution >= 4 is 18.0 Å². The molecule has 0 unspecified atom stereocenters. The Morgan fingerprint density at radius 1 is 1.38 bits per heavy atom. The summed E-state index contributed by atoms with van der Waals surface area (Å²) in [5.41, 5.74) is 0. The molecule has 0 rings (SSSR count). The topological polar surface area (TPSA) is 105 Å². The number of carbonyl (C=O) groups excluding carboxylic acids is 2. The quantitative estimate of drug-likeness (QED) is 0.546. The van der Waals surface area contributed by atoms with Crippen molar-refractivity contribution < 1.29 is 24.2 Å². The Hall–Kier alpha value is -1.79. The first kappa shape index (κ1) is 14.2. The SMILES string of the molecule is CC[C@@H](NC(=O)NCCC(=O)OC)C(=O)O. The van der Waals surface area contributed by atoms with Crippen molar-refractivity contribution in [1.29, 1.82) is 0 Å². The molecular weight excluding hydrogens is 216 g/mol. The molecule has 0 aliphatic rings. The molecule has 0 aromatic rings. The van der Waals surface area contributed by atoms with Gasteiger partial charge < -0.3 is 20.5 Å². The standard InChI is InChI=1S/C9H16N2O5/c1-3-6(8(13)14)11-9(15)10-5-4-7(12)16-2/h6H,3-5H2,1-2H3,(H,13,14)(H2,10,11,15)/t6-/m1/s1. The van der Waals surface area contributed by atoms with Gasteiger partial charge in [0.1, 0.15) is 6.04 Å². The van der Waals surface area contributed by atoms with E-state index in [1.54, 1.807) is 6.92 Å². The van der Waals surface area contributed by atoms with Gasteiger partial charge in [-0.2, -0.15) is 0 Å². The zero-order chi connectivity index (χ0) is 12.6. The van der Waals surface area contributed by atoms with Gasteiger partial charge in [-0.1, -0.05) is 6.92 Å². The minimum Gasteiger partial charge on any atom is -0.480 e. The van der Waals surface area contributed by atoms with Crippen molar-refractivity contribution in [3.8, 4) is 0 Å². The van der Waals surface area contributed by atoms with E-state index in [4.69, 9.17) is 5.11 Å². The lowest BCUT2D eigenvalue weighted by Gasteiger charge is -2.12. The number of aliphatic carboxylic acids is 1. The lowest BCUT2D eigenvalue weighted by atomic mass is 10.2. The van der Waals surface area contributed by atoms with Gasteiger partial charge in [-0.05, 0) is 6.42 Å². The maximum Gasteiger partial charge on any atom is 0.326 e. The van der Waals surface area contributed by atoms with E-state index in [9.17, 15) is 14.4 Å². The van der Waals surface area contributed by atoms with Crippen molar-refractivity contribution in [1.82, 2.24) is 10.6 Å². The van der Waals surface area contributed by atoms with Crippen molar-refractivity contribution in [3.63, 3.8) is 0 Å². The molecule has 0 saturated heterocycles. The van der Waals surface area contributed by atoms with Gasteiger partial charge in [-0.3, -0.25) is 4.79 Å². The van der Waals surface area contributed by atoms with Crippen LogP contribution in [-0.4, -0.2) is 42.8 Å². The Labute approximate surface area is 93.2 Å². The molecule has 16 heavy (non-hydrogen) atoms. The van der Waals surface area contributed by atoms with Crippen molar-refractivity contribution in [2.45, 2.75) is 25.8 Å². The Balaban J connectivity index is 3.81. The van der Waals surface area contributed by atoms with Crippen LogP contribution in [0, 0.1) is 0 Å². The van der Waals surface area contributed by atoms with E-state index in [-0.39, 0.29) is 13.0 Å². The predicted octanol–water partition coefficient (Wildman–Crippen LogP) is -0.288. The van der Waals surface area contributed by atoms with Crippen LogP contribution in [0.5, 0.6) is 0 Å². The highest BCUT2D eigenvalue weighted by Crippen LogP contribution is 1.90. The number of carboxylic acids is 1. The number of carbonyl (C=O) groups is 3. The highest BCUT2D eigenvalue weighted by atomic mass is 16.5.